The van der Waals surface area contributed by atoms with E-state index in [0.717, 1.165) is 26.2 Å². The molecule has 108 valence electrons. The van der Waals surface area contributed by atoms with E-state index in [9.17, 15) is 5.11 Å². The first-order valence-electron chi connectivity index (χ1n) is 7.37. The van der Waals surface area contributed by atoms with Crippen molar-refractivity contribution in [1.29, 1.82) is 0 Å². The van der Waals surface area contributed by atoms with Crippen molar-refractivity contribution in [3.05, 3.63) is 0 Å². The van der Waals surface area contributed by atoms with Crippen LogP contribution in [0.15, 0.2) is 0 Å². The summed E-state index contributed by atoms with van der Waals surface area (Å²) < 4.78 is 5.44. The number of hydrogen-bond acceptors (Lipinski definition) is 4. The van der Waals surface area contributed by atoms with Crippen LogP contribution in [0.5, 0.6) is 0 Å². The molecule has 0 aromatic heterocycles. The van der Waals surface area contributed by atoms with Gasteiger partial charge in [-0.3, -0.25) is 4.90 Å². The molecule has 4 nitrogen and oxygen atoms in total. The number of piperidine rings is 1. The Bertz CT molecular complexity index is 212. The van der Waals surface area contributed by atoms with Gasteiger partial charge in [0.1, 0.15) is 0 Å². The molecule has 0 amide bonds. The third-order valence-corrected chi connectivity index (χ3v) is 3.28. The van der Waals surface area contributed by atoms with Crippen LogP contribution in [0.3, 0.4) is 0 Å². The van der Waals surface area contributed by atoms with Crippen LogP contribution in [0.1, 0.15) is 40.0 Å². The van der Waals surface area contributed by atoms with Crippen LogP contribution < -0.4 is 5.32 Å². The second kappa shape index (κ2) is 8.86. The Kier molecular flexibility index (Phi) is 7.82. The third kappa shape index (κ3) is 6.69. The largest absolute Gasteiger partial charge is 0.389 e. The van der Waals surface area contributed by atoms with E-state index in [4.69, 9.17) is 4.74 Å². The van der Waals surface area contributed by atoms with Gasteiger partial charge in [0.05, 0.1) is 18.8 Å². The Balaban J connectivity index is 2.20. The van der Waals surface area contributed by atoms with Gasteiger partial charge in [0.25, 0.3) is 0 Å². The van der Waals surface area contributed by atoms with Crippen LogP contribution >= 0.6 is 0 Å². The third-order valence-electron chi connectivity index (χ3n) is 3.28. The molecule has 0 radical (unpaired) electrons. The van der Waals surface area contributed by atoms with Gasteiger partial charge in [-0.1, -0.05) is 6.92 Å². The van der Waals surface area contributed by atoms with Gasteiger partial charge >= 0.3 is 0 Å². The summed E-state index contributed by atoms with van der Waals surface area (Å²) in [7, 11) is 0. The summed E-state index contributed by atoms with van der Waals surface area (Å²) in [5, 5.41) is 13.5. The first kappa shape index (κ1) is 15.9. The van der Waals surface area contributed by atoms with E-state index in [2.05, 4.69) is 17.1 Å². The molecule has 1 rings (SSSR count). The zero-order valence-corrected chi connectivity index (χ0v) is 12.2. The minimum Gasteiger partial charge on any atom is -0.389 e. The van der Waals surface area contributed by atoms with E-state index in [0.29, 0.717) is 12.6 Å². The average Bonchev–Trinajstić information content (AvgIpc) is 2.34. The van der Waals surface area contributed by atoms with E-state index < -0.39 is 0 Å². The van der Waals surface area contributed by atoms with Crippen LogP contribution in [-0.2, 0) is 4.74 Å². The molecule has 0 saturated carbocycles. The smallest absolute Gasteiger partial charge is 0.0900 e. The molecule has 0 aliphatic carbocycles. The van der Waals surface area contributed by atoms with Crippen molar-refractivity contribution in [1.82, 2.24) is 10.2 Å². The maximum Gasteiger partial charge on any atom is 0.0900 e. The van der Waals surface area contributed by atoms with Crippen molar-refractivity contribution >= 4 is 0 Å². The van der Waals surface area contributed by atoms with E-state index in [1.54, 1.807) is 0 Å². The molecule has 2 unspecified atom stereocenters. The summed E-state index contributed by atoms with van der Waals surface area (Å²) in [5.74, 6) is 0. The molecule has 4 heteroatoms. The van der Waals surface area contributed by atoms with E-state index in [-0.39, 0.29) is 12.2 Å². The predicted octanol–water partition coefficient (Wildman–Crippen LogP) is 1.24. The molecule has 2 atom stereocenters. The molecule has 1 heterocycles. The highest BCUT2D eigenvalue weighted by molar-refractivity contribution is 4.79. The fourth-order valence-electron chi connectivity index (χ4n) is 2.39. The topological polar surface area (TPSA) is 44.7 Å². The number of aliphatic hydroxyl groups is 1. The first-order chi connectivity index (χ1) is 8.61. The fourth-order valence-corrected chi connectivity index (χ4v) is 2.39. The average molecular weight is 258 g/mol. The molecule has 0 aromatic rings. The van der Waals surface area contributed by atoms with Gasteiger partial charge in [-0.2, -0.15) is 0 Å². The highest BCUT2D eigenvalue weighted by Crippen LogP contribution is 2.10. The standard InChI is InChI=1S/C14H30N2O2/c1-4-7-15-13-6-5-8-16(9-13)10-14(17)11-18-12(2)3/h12-15,17H,4-11H2,1-3H3. The molecule has 1 aliphatic heterocycles. The van der Waals surface area contributed by atoms with Gasteiger partial charge in [0.2, 0.25) is 0 Å². The maximum absolute atomic E-state index is 9.93. The van der Waals surface area contributed by atoms with Crippen molar-refractivity contribution in [2.24, 2.45) is 0 Å². The van der Waals surface area contributed by atoms with Crippen LogP contribution in [0, 0.1) is 0 Å². The van der Waals surface area contributed by atoms with Crippen molar-refractivity contribution in [2.75, 3.05) is 32.8 Å². The maximum atomic E-state index is 9.93. The summed E-state index contributed by atoms with van der Waals surface area (Å²) >= 11 is 0. The van der Waals surface area contributed by atoms with E-state index in [1.165, 1.54) is 19.3 Å². The number of nitrogens with zero attached hydrogens (tertiary/aromatic N) is 1. The van der Waals surface area contributed by atoms with Gasteiger partial charge in [-0.15, -0.1) is 0 Å². The van der Waals surface area contributed by atoms with Crippen molar-refractivity contribution in [3.8, 4) is 0 Å². The molecular weight excluding hydrogens is 228 g/mol. The number of β-amino-alcohol motifs (C(OH)–C–C–N with tert-alkyl or cyclic N) is 1. The lowest BCUT2D eigenvalue weighted by Crippen LogP contribution is -2.48. The zero-order valence-electron chi connectivity index (χ0n) is 12.2. The minimum absolute atomic E-state index is 0.194. The molecule has 0 spiro atoms. The van der Waals surface area contributed by atoms with Gasteiger partial charge in [0, 0.05) is 19.1 Å². The zero-order chi connectivity index (χ0) is 13.4. The minimum atomic E-state index is -0.364. The second-order valence-corrected chi connectivity index (χ2v) is 5.59. The van der Waals surface area contributed by atoms with Crippen LogP contribution in [0.25, 0.3) is 0 Å². The van der Waals surface area contributed by atoms with Crippen LogP contribution in [-0.4, -0.2) is 61.0 Å². The SMILES string of the molecule is CCCNC1CCCN(CC(O)COC(C)C)C1. The highest BCUT2D eigenvalue weighted by atomic mass is 16.5. The Labute approximate surface area is 112 Å². The van der Waals surface area contributed by atoms with Crippen LogP contribution in [0.4, 0.5) is 0 Å². The van der Waals surface area contributed by atoms with Gasteiger partial charge in [-0.05, 0) is 46.2 Å². The monoisotopic (exact) mass is 258 g/mol. The Morgan fingerprint density at radius 2 is 2.22 bits per heavy atom. The summed E-state index contributed by atoms with van der Waals surface area (Å²) in [6, 6.07) is 0.594. The van der Waals surface area contributed by atoms with Gasteiger partial charge in [0.15, 0.2) is 0 Å². The van der Waals surface area contributed by atoms with Crippen molar-refractivity contribution < 1.29 is 9.84 Å². The summed E-state index contributed by atoms with van der Waals surface area (Å²) in [5.41, 5.74) is 0. The lowest BCUT2D eigenvalue weighted by atomic mass is 10.1. The number of likely N-dealkylation sites (tertiary alicyclic amines) is 1. The number of aliphatic hydroxyl groups excluding tert-OH is 1. The number of rotatable bonds is 8. The number of hydrogen-bond donors (Lipinski definition) is 2. The Morgan fingerprint density at radius 3 is 2.89 bits per heavy atom. The second-order valence-electron chi connectivity index (χ2n) is 5.59. The normalized spacial score (nSPS) is 23.5. The van der Waals surface area contributed by atoms with Gasteiger partial charge < -0.3 is 15.2 Å². The molecular formula is C14H30N2O2. The lowest BCUT2D eigenvalue weighted by Gasteiger charge is -2.34. The molecule has 1 saturated heterocycles. The molecule has 0 bridgehead atoms. The molecule has 2 N–H and O–H groups in total. The summed E-state index contributed by atoms with van der Waals surface area (Å²) in [6.07, 6.45) is 3.49. The molecule has 1 aliphatic rings. The predicted molar refractivity (Wildman–Crippen MR) is 74.9 cm³/mol. The lowest BCUT2D eigenvalue weighted by molar-refractivity contribution is -0.0121. The number of ether oxygens (including phenoxy) is 1. The Hall–Kier alpha value is -0.160. The number of nitrogens with one attached hydrogen (secondary N) is 1. The van der Waals surface area contributed by atoms with Gasteiger partial charge in [-0.25, -0.2) is 0 Å². The summed E-state index contributed by atoms with van der Waals surface area (Å²) in [4.78, 5) is 2.35. The fraction of sp³-hybridized carbons (Fsp3) is 1.00. The van der Waals surface area contributed by atoms with E-state index in [1.807, 2.05) is 13.8 Å². The first-order valence-corrected chi connectivity index (χ1v) is 7.37. The highest BCUT2D eigenvalue weighted by Gasteiger charge is 2.21. The molecule has 1 fully saturated rings. The van der Waals surface area contributed by atoms with Crippen molar-refractivity contribution in [3.63, 3.8) is 0 Å². The van der Waals surface area contributed by atoms with Crippen molar-refractivity contribution in [2.45, 2.75) is 58.3 Å². The van der Waals surface area contributed by atoms with E-state index >= 15 is 0 Å². The van der Waals surface area contributed by atoms with Crippen LogP contribution in [0.2, 0.25) is 0 Å². The quantitative estimate of drug-likeness (QED) is 0.687. The Morgan fingerprint density at radius 1 is 1.44 bits per heavy atom. The summed E-state index contributed by atoms with van der Waals surface area (Å²) in [6.45, 7) is 10.6. The molecule has 18 heavy (non-hydrogen) atoms. The molecule has 0 aromatic carbocycles.